The molecule has 2 aliphatic rings. The van der Waals surface area contributed by atoms with Crippen molar-refractivity contribution in [1.82, 2.24) is 5.32 Å². The normalized spacial score (nSPS) is 34.5. The van der Waals surface area contributed by atoms with E-state index in [1.54, 1.807) is 0 Å². The predicted octanol–water partition coefficient (Wildman–Crippen LogP) is 2.91. The standard InChI is InChI=1S/C12H23NS/c1-9(2)10-7-12(8-10)13-11-3-5-14-6-4-11/h9-13H,3-8H2,1-2H3. The van der Waals surface area contributed by atoms with Gasteiger partial charge in [-0.3, -0.25) is 0 Å². The Morgan fingerprint density at radius 1 is 1.07 bits per heavy atom. The molecule has 82 valence electrons. The summed E-state index contributed by atoms with van der Waals surface area (Å²) in [6.45, 7) is 4.72. The van der Waals surface area contributed by atoms with Crippen LogP contribution in [0.15, 0.2) is 0 Å². The van der Waals surface area contributed by atoms with E-state index in [1.807, 2.05) is 0 Å². The van der Waals surface area contributed by atoms with Gasteiger partial charge in [0, 0.05) is 12.1 Å². The van der Waals surface area contributed by atoms with Crippen molar-refractivity contribution in [1.29, 1.82) is 0 Å². The summed E-state index contributed by atoms with van der Waals surface area (Å²) >= 11 is 2.12. The van der Waals surface area contributed by atoms with Crippen LogP contribution in [0.5, 0.6) is 0 Å². The van der Waals surface area contributed by atoms with Gasteiger partial charge in [-0.1, -0.05) is 13.8 Å². The van der Waals surface area contributed by atoms with Crippen molar-refractivity contribution in [3.8, 4) is 0 Å². The summed E-state index contributed by atoms with van der Waals surface area (Å²) in [5.74, 6) is 4.65. The maximum absolute atomic E-state index is 3.83. The van der Waals surface area contributed by atoms with Gasteiger partial charge < -0.3 is 5.32 Å². The largest absolute Gasteiger partial charge is 0.311 e. The minimum absolute atomic E-state index is 0.842. The molecule has 1 aliphatic heterocycles. The van der Waals surface area contributed by atoms with Gasteiger partial charge in [0.25, 0.3) is 0 Å². The SMILES string of the molecule is CC(C)C1CC(NC2CCSCC2)C1. The monoisotopic (exact) mass is 213 g/mol. The molecule has 0 amide bonds. The van der Waals surface area contributed by atoms with Crippen molar-refractivity contribution in [2.75, 3.05) is 11.5 Å². The predicted molar refractivity (Wildman–Crippen MR) is 64.8 cm³/mol. The fourth-order valence-electron chi connectivity index (χ4n) is 2.54. The van der Waals surface area contributed by atoms with Gasteiger partial charge in [-0.25, -0.2) is 0 Å². The topological polar surface area (TPSA) is 12.0 Å². The first-order chi connectivity index (χ1) is 6.75. The van der Waals surface area contributed by atoms with Gasteiger partial charge >= 0.3 is 0 Å². The summed E-state index contributed by atoms with van der Waals surface area (Å²) in [6.07, 6.45) is 5.66. The van der Waals surface area contributed by atoms with Gasteiger partial charge in [0.1, 0.15) is 0 Å². The van der Waals surface area contributed by atoms with E-state index in [1.165, 1.54) is 37.2 Å². The molecule has 0 spiro atoms. The van der Waals surface area contributed by atoms with Crippen LogP contribution in [0.2, 0.25) is 0 Å². The van der Waals surface area contributed by atoms with Crippen molar-refractivity contribution >= 4 is 11.8 Å². The molecule has 0 unspecified atom stereocenters. The van der Waals surface area contributed by atoms with Crippen molar-refractivity contribution in [2.45, 2.75) is 51.6 Å². The molecule has 0 aromatic heterocycles. The highest BCUT2D eigenvalue weighted by Crippen LogP contribution is 2.34. The van der Waals surface area contributed by atoms with E-state index in [-0.39, 0.29) is 0 Å². The van der Waals surface area contributed by atoms with Crippen molar-refractivity contribution in [3.63, 3.8) is 0 Å². The fraction of sp³-hybridized carbons (Fsp3) is 1.00. The van der Waals surface area contributed by atoms with Crippen molar-refractivity contribution in [2.24, 2.45) is 11.8 Å². The minimum atomic E-state index is 0.842. The van der Waals surface area contributed by atoms with Crippen LogP contribution in [0.4, 0.5) is 0 Å². The Morgan fingerprint density at radius 3 is 2.29 bits per heavy atom. The number of nitrogens with one attached hydrogen (secondary N) is 1. The second kappa shape index (κ2) is 4.89. The molecule has 1 saturated carbocycles. The Hall–Kier alpha value is 0.310. The van der Waals surface area contributed by atoms with E-state index in [4.69, 9.17) is 0 Å². The highest BCUT2D eigenvalue weighted by molar-refractivity contribution is 7.99. The summed E-state index contributed by atoms with van der Waals surface area (Å²) < 4.78 is 0. The summed E-state index contributed by atoms with van der Waals surface area (Å²) in [4.78, 5) is 0. The molecule has 0 radical (unpaired) electrons. The third kappa shape index (κ3) is 2.66. The average molecular weight is 213 g/mol. The Bertz CT molecular complexity index is 169. The highest BCUT2D eigenvalue weighted by atomic mass is 32.2. The van der Waals surface area contributed by atoms with Gasteiger partial charge in [0.15, 0.2) is 0 Å². The van der Waals surface area contributed by atoms with Gasteiger partial charge in [0.2, 0.25) is 0 Å². The molecule has 2 fully saturated rings. The van der Waals surface area contributed by atoms with E-state index in [0.717, 1.165) is 23.9 Å². The molecular formula is C12H23NS. The second-order valence-corrected chi connectivity index (χ2v) is 6.45. The molecule has 1 saturated heterocycles. The van der Waals surface area contributed by atoms with E-state index >= 15 is 0 Å². The van der Waals surface area contributed by atoms with Crippen LogP contribution in [0.25, 0.3) is 0 Å². The van der Waals surface area contributed by atoms with Crippen LogP contribution >= 0.6 is 11.8 Å². The summed E-state index contributed by atoms with van der Waals surface area (Å²) in [7, 11) is 0. The molecule has 1 heterocycles. The molecule has 2 heteroatoms. The Labute approximate surface area is 92.4 Å². The second-order valence-electron chi connectivity index (χ2n) is 5.23. The first-order valence-electron chi connectivity index (χ1n) is 6.09. The van der Waals surface area contributed by atoms with Crippen LogP contribution in [0.1, 0.15) is 39.5 Å². The zero-order valence-electron chi connectivity index (χ0n) is 9.46. The lowest BCUT2D eigenvalue weighted by molar-refractivity contribution is 0.155. The molecule has 0 atom stereocenters. The molecule has 2 rings (SSSR count). The van der Waals surface area contributed by atoms with E-state index in [2.05, 4.69) is 30.9 Å². The Kier molecular flexibility index (Phi) is 3.78. The fourth-order valence-corrected chi connectivity index (χ4v) is 3.65. The summed E-state index contributed by atoms with van der Waals surface area (Å²) in [5, 5.41) is 3.83. The summed E-state index contributed by atoms with van der Waals surface area (Å²) in [6, 6.07) is 1.70. The number of hydrogen-bond acceptors (Lipinski definition) is 2. The molecule has 0 aromatic carbocycles. The van der Waals surface area contributed by atoms with Crippen LogP contribution in [0.3, 0.4) is 0 Å². The molecule has 1 N–H and O–H groups in total. The Balaban J connectivity index is 1.63. The molecular weight excluding hydrogens is 190 g/mol. The lowest BCUT2D eigenvalue weighted by Gasteiger charge is -2.41. The molecule has 1 nitrogen and oxygen atoms in total. The quantitative estimate of drug-likeness (QED) is 0.773. The highest BCUT2D eigenvalue weighted by Gasteiger charge is 2.32. The smallest absolute Gasteiger partial charge is 0.00853 e. The van der Waals surface area contributed by atoms with E-state index in [0.29, 0.717) is 0 Å². The van der Waals surface area contributed by atoms with Gasteiger partial charge in [0.05, 0.1) is 0 Å². The number of rotatable bonds is 3. The maximum Gasteiger partial charge on any atom is 0.00853 e. The van der Waals surface area contributed by atoms with Gasteiger partial charge in [-0.2, -0.15) is 11.8 Å². The van der Waals surface area contributed by atoms with Crippen LogP contribution in [0, 0.1) is 11.8 Å². The molecule has 0 bridgehead atoms. The molecule has 1 aliphatic carbocycles. The average Bonchev–Trinajstić information content (AvgIpc) is 2.12. The van der Waals surface area contributed by atoms with Crippen molar-refractivity contribution in [3.05, 3.63) is 0 Å². The first-order valence-corrected chi connectivity index (χ1v) is 7.25. The molecule has 14 heavy (non-hydrogen) atoms. The van der Waals surface area contributed by atoms with Crippen molar-refractivity contribution < 1.29 is 0 Å². The third-order valence-corrected chi connectivity index (χ3v) is 4.86. The third-order valence-electron chi connectivity index (χ3n) is 3.81. The first kappa shape index (κ1) is 10.8. The maximum atomic E-state index is 3.83. The zero-order chi connectivity index (χ0) is 9.97. The van der Waals surface area contributed by atoms with Crippen LogP contribution < -0.4 is 5.32 Å². The van der Waals surface area contributed by atoms with Crippen LogP contribution in [-0.2, 0) is 0 Å². The summed E-state index contributed by atoms with van der Waals surface area (Å²) in [5.41, 5.74) is 0. The van der Waals surface area contributed by atoms with E-state index in [9.17, 15) is 0 Å². The minimum Gasteiger partial charge on any atom is -0.311 e. The molecule has 0 aromatic rings. The lowest BCUT2D eigenvalue weighted by Crippen LogP contribution is -2.48. The van der Waals surface area contributed by atoms with Gasteiger partial charge in [-0.05, 0) is 49.0 Å². The van der Waals surface area contributed by atoms with Gasteiger partial charge in [-0.15, -0.1) is 0 Å². The Morgan fingerprint density at radius 2 is 1.71 bits per heavy atom. The number of hydrogen-bond donors (Lipinski definition) is 1. The lowest BCUT2D eigenvalue weighted by atomic mass is 9.73. The zero-order valence-corrected chi connectivity index (χ0v) is 10.3. The van der Waals surface area contributed by atoms with E-state index < -0.39 is 0 Å². The number of thioether (sulfide) groups is 1. The van der Waals surface area contributed by atoms with Crippen LogP contribution in [-0.4, -0.2) is 23.6 Å².